The lowest BCUT2D eigenvalue weighted by molar-refractivity contribution is -0.127. The molecule has 1 aromatic carbocycles. The first-order chi connectivity index (χ1) is 15.5. The molecule has 1 atom stereocenters. The van der Waals surface area contributed by atoms with Gasteiger partial charge in [-0.05, 0) is 24.6 Å². The number of nitrogens with one attached hydrogen (secondary N) is 2. The third-order valence-electron chi connectivity index (χ3n) is 5.67. The fraction of sp³-hybridized carbons (Fsp3) is 0.292. The molecule has 0 aliphatic carbocycles. The number of urea groups is 1. The van der Waals surface area contributed by atoms with Gasteiger partial charge in [0.15, 0.2) is 0 Å². The SMILES string of the molecule is C=CCN1C(=O)N[C@H](c2ccc(C)cc2)C2=C1CN(CCC(=O)NCc1ccco1)C2=O. The van der Waals surface area contributed by atoms with E-state index in [1.54, 1.807) is 34.3 Å². The Morgan fingerprint density at radius 1 is 1.28 bits per heavy atom. The minimum absolute atomic E-state index is 0.158. The van der Waals surface area contributed by atoms with Crippen molar-refractivity contribution < 1.29 is 18.8 Å². The lowest BCUT2D eigenvalue weighted by Gasteiger charge is -2.33. The highest BCUT2D eigenvalue weighted by Crippen LogP contribution is 2.36. The number of amides is 4. The zero-order chi connectivity index (χ0) is 22.7. The van der Waals surface area contributed by atoms with Crippen LogP contribution in [0.2, 0.25) is 0 Å². The maximum Gasteiger partial charge on any atom is 0.322 e. The van der Waals surface area contributed by atoms with Crippen molar-refractivity contribution in [3.05, 3.63) is 83.5 Å². The topological polar surface area (TPSA) is 94.9 Å². The van der Waals surface area contributed by atoms with E-state index in [9.17, 15) is 14.4 Å². The molecule has 0 spiro atoms. The summed E-state index contributed by atoms with van der Waals surface area (Å²) in [7, 11) is 0. The van der Waals surface area contributed by atoms with E-state index in [4.69, 9.17) is 4.42 Å². The van der Waals surface area contributed by atoms with Crippen LogP contribution in [0.1, 0.15) is 29.3 Å². The smallest absolute Gasteiger partial charge is 0.322 e. The maximum absolute atomic E-state index is 13.3. The molecule has 0 bridgehead atoms. The zero-order valence-electron chi connectivity index (χ0n) is 18.0. The van der Waals surface area contributed by atoms with Crippen molar-refractivity contribution in [2.75, 3.05) is 19.6 Å². The van der Waals surface area contributed by atoms with Crippen LogP contribution in [0, 0.1) is 6.92 Å². The molecule has 0 saturated heterocycles. The number of benzene rings is 1. The van der Waals surface area contributed by atoms with Gasteiger partial charge in [0.05, 0.1) is 36.7 Å². The molecule has 2 aromatic rings. The van der Waals surface area contributed by atoms with Crippen LogP contribution in [0.25, 0.3) is 0 Å². The highest BCUT2D eigenvalue weighted by Gasteiger charge is 2.43. The molecule has 0 radical (unpaired) electrons. The van der Waals surface area contributed by atoms with E-state index in [2.05, 4.69) is 17.2 Å². The predicted molar refractivity (Wildman–Crippen MR) is 118 cm³/mol. The molecule has 1 aromatic heterocycles. The molecule has 32 heavy (non-hydrogen) atoms. The first kappa shape index (κ1) is 21.4. The van der Waals surface area contributed by atoms with Crippen molar-refractivity contribution >= 4 is 17.8 Å². The molecule has 8 heteroatoms. The minimum atomic E-state index is -0.524. The molecule has 2 aliphatic rings. The molecule has 2 aliphatic heterocycles. The molecule has 0 unspecified atom stereocenters. The van der Waals surface area contributed by atoms with Gasteiger partial charge in [-0.2, -0.15) is 0 Å². The van der Waals surface area contributed by atoms with E-state index < -0.39 is 6.04 Å². The van der Waals surface area contributed by atoms with Crippen LogP contribution in [0.5, 0.6) is 0 Å². The number of hydrogen-bond donors (Lipinski definition) is 2. The summed E-state index contributed by atoms with van der Waals surface area (Å²) < 4.78 is 5.21. The third kappa shape index (κ3) is 4.30. The van der Waals surface area contributed by atoms with Gasteiger partial charge in [0.1, 0.15) is 5.76 Å². The van der Waals surface area contributed by atoms with Crippen molar-refractivity contribution in [3.8, 4) is 0 Å². The monoisotopic (exact) mass is 434 g/mol. The minimum Gasteiger partial charge on any atom is -0.467 e. The average molecular weight is 434 g/mol. The van der Waals surface area contributed by atoms with E-state index in [0.717, 1.165) is 11.1 Å². The molecule has 0 saturated carbocycles. The maximum atomic E-state index is 13.3. The van der Waals surface area contributed by atoms with E-state index in [1.165, 1.54) is 0 Å². The van der Waals surface area contributed by atoms with Crippen LogP contribution in [-0.4, -0.2) is 47.3 Å². The molecule has 2 N–H and O–H groups in total. The second kappa shape index (κ2) is 9.13. The Bertz CT molecular complexity index is 1060. The van der Waals surface area contributed by atoms with Crippen molar-refractivity contribution in [2.45, 2.75) is 25.9 Å². The third-order valence-corrected chi connectivity index (χ3v) is 5.67. The van der Waals surface area contributed by atoms with Gasteiger partial charge < -0.3 is 20.0 Å². The van der Waals surface area contributed by atoms with Crippen LogP contribution < -0.4 is 10.6 Å². The summed E-state index contributed by atoms with van der Waals surface area (Å²) in [6.45, 7) is 6.85. The summed E-state index contributed by atoms with van der Waals surface area (Å²) in [6.07, 6.45) is 3.34. The number of nitrogens with zero attached hydrogens (tertiary/aromatic N) is 2. The van der Waals surface area contributed by atoms with Gasteiger partial charge in [0.2, 0.25) is 5.91 Å². The number of rotatable bonds is 8. The number of carbonyl (C=O) groups is 3. The Kier molecular flexibility index (Phi) is 6.11. The lowest BCUT2D eigenvalue weighted by atomic mass is 9.95. The Labute approximate surface area is 186 Å². The van der Waals surface area contributed by atoms with Gasteiger partial charge in [-0.25, -0.2) is 4.79 Å². The van der Waals surface area contributed by atoms with Gasteiger partial charge in [-0.3, -0.25) is 14.5 Å². The molecule has 4 amide bonds. The standard InChI is InChI=1S/C24H26N4O4/c1-3-11-28-19-15-27(12-10-20(29)25-14-18-5-4-13-32-18)23(30)21(19)22(26-24(28)31)17-8-6-16(2)7-9-17/h3-9,13,22H,1,10-12,14-15H2,2H3,(H,25,29)(H,26,31)/t22-/m1/s1. The highest BCUT2D eigenvalue weighted by molar-refractivity contribution is 6.01. The van der Waals surface area contributed by atoms with Crippen LogP contribution in [-0.2, 0) is 16.1 Å². The predicted octanol–water partition coefficient (Wildman–Crippen LogP) is 2.64. The zero-order valence-corrected chi connectivity index (χ0v) is 18.0. The largest absolute Gasteiger partial charge is 0.467 e. The van der Waals surface area contributed by atoms with Crippen molar-refractivity contribution in [2.24, 2.45) is 0 Å². The fourth-order valence-electron chi connectivity index (χ4n) is 3.98. The Balaban J connectivity index is 1.49. The van der Waals surface area contributed by atoms with Gasteiger partial charge in [-0.1, -0.05) is 35.9 Å². The molecule has 8 nitrogen and oxygen atoms in total. The summed E-state index contributed by atoms with van der Waals surface area (Å²) in [6, 6.07) is 10.5. The summed E-state index contributed by atoms with van der Waals surface area (Å²) in [5.41, 5.74) is 3.16. The lowest BCUT2D eigenvalue weighted by Crippen LogP contribution is -2.47. The Morgan fingerprint density at radius 3 is 2.75 bits per heavy atom. The van der Waals surface area contributed by atoms with Gasteiger partial charge in [0, 0.05) is 19.5 Å². The van der Waals surface area contributed by atoms with Gasteiger partial charge >= 0.3 is 6.03 Å². The fourth-order valence-corrected chi connectivity index (χ4v) is 3.98. The Hall–Kier alpha value is -3.81. The van der Waals surface area contributed by atoms with Crippen molar-refractivity contribution in [3.63, 3.8) is 0 Å². The average Bonchev–Trinajstić information content (AvgIpc) is 3.41. The van der Waals surface area contributed by atoms with Crippen molar-refractivity contribution in [1.29, 1.82) is 0 Å². The number of furan rings is 1. The molecular weight excluding hydrogens is 408 g/mol. The Morgan fingerprint density at radius 2 is 2.06 bits per heavy atom. The molecule has 166 valence electrons. The molecule has 3 heterocycles. The number of carbonyl (C=O) groups excluding carboxylic acids is 3. The van der Waals surface area contributed by atoms with Gasteiger partial charge in [-0.15, -0.1) is 6.58 Å². The second-order valence-electron chi connectivity index (χ2n) is 7.89. The van der Waals surface area contributed by atoms with E-state index in [1.807, 2.05) is 31.2 Å². The number of hydrogen-bond acceptors (Lipinski definition) is 4. The van der Waals surface area contributed by atoms with Gasteiger partial charge in [0.25, 0.3) is 5.91 Å². The molecule has 0 fully saturated rings. The normalized spacial score (nSPS) is 18.0. The van der Waals surface area contributed by atoms with Crippen LogP contribution in [0.4, 0.5) is 4.79 Å². The van der Waals surface area contributed by atoms with E-state index in [-0.39, 0.29) is 37.4 Å². The van der Waals surface area contributed by atoms with E-state index >= 15 is 0 Å². The summed E-state index contributed by atoms with van der Waals surface area (Å²) in [5.74, 6) is 0.322. The van der Waals surface area contributed by atoms with Crippen LogP contribution in [0.3, 0.4) is 0 Å². The highest BCUT2D eigenvalue weighted by atomic mass is 16.3. The first-order valence-corrected chi connectivity index (χ1v) is 10.5. The van der Waals surface area contributed by atoms with Crippen LogP contribution >= 0.6 is 0 Å². The molecular formula is C24H26N4O4. The summed E-state index contributed by atoms with van der Waals surface area (Å²) in [5, 5.41) is 5.74. The van der Waals surface area contributed by atoms with Crippen molar-refractivity contribution in [1.82, 2.24) is 20.4 Å². The second-order valence-corrected chi connectivity index (χ2v) is 7.89. The molecule has 4 rings (SSSR count). The summed E-state index contributed by atoms with van der Waals surface area (Å²) >= 11 is 0. The van der Waals surface area contributed by atoms with E-state index in [0.29, 0.717) is 30.1 Å². The summed E-state index contributed by atoms with van der Waals surface area (Å²) in [4.78, 5) is 41.5. The quantitative estimate of drug-likeness (QED) is 0.625. The van der Waals surface area contributed by atoms with Crippen LogP contribution in [0.15, 0.2) is 71.0 Å². The first-order valence-electron chi connectivity index (χ1n) is 10.5. The number of aryl methyl sites for hydroxylation is 1.